The largest absolute Gasteiger partial charge is 0.179 e. The summed E-state index contributed by atoms with van der Waals surface area (Å²) in [4.78, 5) is 5.73. The van der Waals surface area contributed by atoms with Crippen LogP contribution >= 0.6 is 11.8 Å². The third-order valence-corrected chi connectivity index (χ3v) is 6.39. The van der Waals surface area contributed by atoms with Gasteiger partial charge in [-0.3, -0.25) is 0 Å². The van der Waals surface area contributed by atoms with Crippen LogP contribution in [0, 0.1) is 0 Å². The van der Waals surface area contributed by atoms with E-state index in [9.17, 15) is 0 Å². The fourth-order valence-corrected chi connectivity index (χ4v) is 5.60. The predicted molar refractivity (Wildman–Crippen MR) is 80.3 cm³/mol. The summed E-state index contributed by atoms with van der Waals surface area (Å²) in [6.07, 6.45) is 3.38. The molecule has 0 atom stereocenters. The van der Waals surface area contributed by atoms with Crippen LogP contribution in [0.3, 0.4) is 0 Å². The van der Waals surface area contributed by atoms with Gasteiger partial charge in [-0.15, -0.1) is 0 Å². The lowest BCUT2D eigenvalue weighted by molar-refractivity contribution is 1.14. The summed E-state index contributed by atoms with van der Waals surface area (Å²) < 4.78 is 0. The molecule has 2 aromatic carbocycles. The number of hydrogen-bond acceptors (Lipinski definition) is 1. The van der Waals surface area contributed by atoms with E-state index in [0.29, 0.717) is 0 Å². The minimum absolute atomic E-state index is 0.104. The van der Waals surface area contributed by atoms with Gasteiger partial charge < -0.3 is 0 Å². The summed E-state index contributed by atoms with van der Waals surface area (Å²) in [7, 11) is 0.104. The molecule has 0 saturated heterocycles. The highest BCUT2D eigenvalue weighted by atomic mass is 32.2. The highest BCUT2D eigenvalue weighted by Crippen LogP contribution is 2.45. The van der Waals surface area contributed by atoms with Crippen LogP contribution in [0.15, 0.2) is 79.6 Å². The first-order valence-corrected chi connectivity index (χ1v) is 8.26. The van der Waals surface area contributed by atoms with Crippen molar-refractivity contribution in [1.29, 1.82) is 0 Å². The fourth-order valence-electron chi connectivity index (χ4n) is 2.01. The SMILES string of the molecule is CC/C=C/[S+]1c2ccccc2Sc2ccccc21. The van der Waals surface area contributed by atoms with Gasteiger partial charge in [-0.2, -0.15) is 0 Å². The monoisotopic (exact) mass is 271 g/mol. The number of rotatable bonds is 2. The van der Waals surface area contributed by atoms with E-state index in [2.05, 4.69) is 66.9 Å². The quantitative estimate of drug-likeness (QED) is 0.684. The summed E-state index contributed by atoms with van der Waals surface area (Å²) in [5.74, 6) is 0. The van der Waals surface area contributed by atoms with Gasteiger partial charge in [-0.05, 0) is 36.8 Å². The normalized spacial score (nSPS) is 14.5. The molecule has 2 aromatic rings. The van der Waals surface area contributed by atoms with E-state index in [1.165, 1.54) is 19.6 Å². The molecule has 1 heterocycles. The van der Waals surface area contributed by atoms with Gasteiger partial charge in [0.2, 0.25) is 0 Å². The van der Waals surface area contributed by atoms with E-state index < -0.39 is 0 Å². The Kier molecular flexibility index (Phi) is 3.48. The van der Waals surface area contributed by atoms with Crippen molar-refractivity contribution in [3.05, 3.63) is 60.0 Å². The van der Waals surface area contributed by atoms with E-state index in [4.69, 9.17) is 0 Å². The Morgan fingerprint density at radius 1 is 0.944 bits per heavy atom. The van der Waals surface area contributed by atoms with Crippen LogP contribution in [-0.2, 0) is 10.9 Å². The second kappa shape index (κ2) is 5.25. The molecule has 1 aliphatic rings. The summed E-state index contributed by atoms with van der Waals surface area (Å²) >= 11 is 1.89. The van der Waals surface area contributed by atoms with Crippen molar-refractivity contribution >= 4 is 22.7 Å². The lowest BCUT2D eigenvalue weighted by atomic mass is 10.3. The zero-order valence-electron chi connectivity index (χ0n) is 10.3. The topological polar surface area (TPSA) is 0 Å². The van der Waals surface area contributed by atoms with Crippen molar-refractivity contribution in [3.63, 3.8) is 0 Å². The molecule has 0 bridgehead atoms. The van der Waals surface area contributed by atoms with E-state index in [1.54, 1.807) is 0 Å². The summed E-state index contributed by atoms with van der Waals surface area (Å²) in [5.41, 5.74) is 0. The second-order valence-electron chi connectivity index (χ2n) is 4.11. The summed E-state index contributed by atoms with van der Waals surface area (Å²) in [6, 6.07) is 17.5. The number of hydrogen-bond donors (Lipinski definition) is 0. The lowest BCUT2D eigenvalue weighted by Crippen LogP contribution is -2.07. The first kappa shape index (κ1) is 11.9. The molecule has 0 aliphatic carbocycles. The fraction of sp³-hybridized carbons (Fsp3) is 0.125. The van der Waals surface area contributed by atoms with Crippen LogP contribution in [0.5, 0.6) is 0 Å². The molecule has 0 unspecified atom stereocenters. The smallest absolute Gasteiger partial charge is 0.0795 e. The molecule has 0 saturated carbocycles. The van der Waals surface area contributed by atoms with Crippen molar-refractivity contribution in [3.8, 4) is 0 Å². The van der Waals surface area contributed by atoms with Gasteiger partial charge in [-0.25, -0.2) is 0 Å². The van der Waals surface area contributed by atoms with Gasteiger partial charge in [0.05, 0.1) is 20.7 Å². The summed E-state index contributed by atoms with van der Waals surface area (Å²) in [5, 5.41) is 2.37. The third-order valence-electron chi connectivity index (χ3n) is 2.86. The molecule has 18 heavy (non-hydrogen) atoms. The maximum Gasteiger partial charge on any atom is 0.179 e. The van der Waals surface area contributed by atoms with Crippen LogP contribution in [0.2, 0.25) is 0 Å². The standard InChI is InChI=1S/C16H15S2/c1-2-3-12-18-15-10-6-4-8-13(15)17-14-9-5-7-11-16(14)18/h3-12H,2H2,1H3/q+1/b12-3+. The Labute approximate surface area is 115 Å². The minimum Gasteiger partial charge on any atom is -0.0795 e. The zero-order chi connectivity index (χ0) is 12.4. The van der Waals surface area contributed by atoms with Crippen molar-refractivity contribution in [1.82, 2.24) is 0 Å². The van der Waals surface area contributed by atoms with Crippen molar-refractivity contribution in [2.45, 2.75) is 32.9 Å². The highest BCUT2D eigenvalue weighted by Gasteiger charge is 2.33. The van der Waals surface area contributed by atoms with Gasteiger partial charge in [0.15, 0.2) is 9.79 Å². The average Bonchev–Trinajstić information content (AvgIpc) is 2.43. The third kappa shape index (κ3) is 2.11. The number of allylic oxidation sites excluding steroid dienone is 1. The molecule has 2 heteroatoms. The molecule has 1 aliphatic heterocycles. The van der Waals surface area contributed by atoms with Crippen molar-refractivity contribution in [2.75, 3.05) is 0 Å². The maximum atomic E-state index is 2.37. The predicted octanol–water partition coefficient (Wildman–Crippen LogP) is 5.11. The molecule has 0 spiro atoms. The van der Waals surface area contributed by atoms with Gasteiger partial charge in [0.1, 0.15) is 5.41 Å². The summed E-state index contributed by atoms with van der Waals surface area (Å²) in [6.45, 7) is 2.19. The van der Waals surface area contributed by atoms with E-state index >= 15 is 0 Å². The van der Waals surface area contributed by atoms with Crippen LogP contribution in [0.4, 0.5) is 0 Å². The van der Waals surface area contributed by atoms with Crippen LogP contribution < -0.4 is 0 Å². The number of benzene rings is 2. The Hall–Kier alpha value is -1.12. The Bertz CT molecular complexity index is 542. The van der Waals surface area contributed by atoms with Crippen molar-refractivity contribution < 1.29 is 0 Å². The molecule has 90 valence electrons. The maximum absolute atomic E-state index is 2.37. The molecule has 0 nitrogen and oxygen atoms in total. The minimum atomic E-state index is 0.104. The van der Waals surface area contributed by atoms with Gasteiger partial charge >= 0.3 is 0 Å². The lowest BCUT2D eigenvalue weighted by Gasteiger charge is -2.16. The van der Waals surface area contributed by atoms with E-state index in [1.807, 2.05) is 11.8 Å². The molecular formula is C16H15S2+. The molecule has 0 N–H and O–H groups in total. The molecular weight excluding hydrogens is 256 g/mol. The number of fused-ring (bicyclic) bond motifs is 2. The van der Waals surface area contributed by atoms with Crippen LogP contribution in [0.1, 0.15) is 13.3 Å². The Morgan fingerprint density at radius 3 is 2.06 bits per heavy atom. The molecule has 0 aromatic heterocycles. The molecule has 0 radical (unpaired) electrons. The van der Waals surface area contributed by atoms with E-state index in [0.717, 1.165) is 6.42 Å². The zero-order valence-corrected chi connectivity index (χ0v) is 11.9. The Morgan fingerprint density at radius 2 is 1.50 bits per heavy atom. The van der Waals surface area contributed by atoms with E-state index in [-0.39, 0.29) is 10.9 Å². The molecule has 0 amide bonds. The van der Waals surface area contributed by atoms with Crippen LogP contribution in [-0.4, -0.2) is 0 Å². The van der Waals surface area contributed by atoms with Gasteiger partial charge in [0.25, 0.3) is 0 Å². The van der Waals surface area contributed by atoms with Crippen molar-refractivity contribution in [2.24, 2.45) is 0 Å². The molecule has 0 fully saturated rings. The molecule has 3 rings (SSSR count). The highest BCUT2D eigenvalue weighted by molar-refractivity contribution is 8.05. The first-order chi connectivity index (χ1) is 8.90. The Balaban J connectivity index is 2.14. The van der Waals surface area contributed by atoms with Gasteiger partial charge in [0, 0.05) is 0 Å². The van der Waals surface area contributed by atoms with Crippen LogP contribution in [0.25, 0.3) is 0 Å². The second-order valence-corrected chi connectivity index (χ2v) is 7.02. The first-order valence-electron chi connectivity index (χ1n) is 6.16. The van der Waals surface area contributed by atoms with Gasteiger partial charge in [-0.1, -0.05) is 43.0 Å². The average molecular weight is 271 g/mol.